The monoisotopic (exact) mass is 279 g/mol. The van der Waals surface area contributed by atoms with E-state index < -0.39 is 0 Å². The lowest BCUT2D eigenvalue weighted by atomic mass is 10.0. The zero-order chi connectivity index (χ0) is 13.1. The maximum absolute atomic E-state index is 11.2. The van der Waals surface area contributed by atoms with E-state index in [1.807, 2.05) is 30.3 Å². The molecule has 2 rings (SSSR count). The molecule has 0 aliphatic carbocycles. The highest BCUT2D eigenvalue weighted by molar-refractivity contribution is 6.36. The number of anilines is 1. The molecule has 0 heterocycles. The molecule has 0 aliphatic rings. The van der Waals surface area contributed by atoms with Crippen LogP contribution in [0.5, 0.6) is 0 Å². The minimum absolute atomic E-state index is 0.118. The second-order valence-corrected chi connectivity index (χ2v) is 4.69. The molecule has 0 unspecified atom stereocenters. The van der Waals surface area contributed by atoms with Gasteiger partial charge in [0.25, 0.3) is 0 Å². The molecule has 1 N–H and O–H groups in total. The highest BCUT2D eigenvalue weighted by Gasteiger charge is 2.09. The normalized spacial score (nSPS) is 10.2. The summed E-state index contributed by atoms with van der Waals surface area (Å²) in [5.41, 5.74) is 2.44. The standard InChI is InChI=1S/C14H11Cl2NO/c1-9(18)17-14-5-3-2-4-12(14)11-7-6-10(15)8-13(11)16/h2-8H,1H3,(H,17,18). The van der Waals surface area contributed by atoms with Crippen molar-refractivity contribution in [2.75, 3.05) is 5.32 Å². The predicted molar refractivity (Wildman–Crippen MR) is 76.2 cm³/mol. The quantitative estimate of drug-likeness (QED) is 0.854. The summed E-state index contributed by atoms with van der Waals surface area (Å²) in [5, 5.41) is 3.92. The third kappa shape index (κ3) is 2.84. The average Bonchev–Trinajstić information content (AvgIpc) is 2.30. The van der Waals surface area contributed by atoms with Crippen LogP contribution in [-0.4, -0.2) is 5.91 Å². The molecule has 0 aliphatic heterocycles. The Morgan fingerprint density at radius 1 is 1.06 bits per heavy atom. The van der Waals surface area contributed by atoms with Gasteiger partial charge in [-0.1, -0.05) is 47.5 Å². The summed E-state index contributed by atoms with van der Waals surface area (Å²) in [7, 11) is 0. The van der Waals surface area contributed by atoms with Crippen LogP contribution in [-0.2, 0) is 4.79 Å². The molecule has 0 atom stereocenters. The number of rotatable bonds is 2. The number of carbonyl (C=O) groups excluding carboxylic acids is 1. The van der Waals surface area contributed by atoms with Crippen LogP contribution in [0.2, 0.25) is 10.0 Å². The van der Waals surface area contributed by atoms with E-state index in [4.69, 9.17) is 23.2 Å². The van der Waals surface area contributed by atoms with Gasteiger partial charge in [0.05, 0.1) is 0 Å². The molecule has 0 bridgehead atoms. The highest BCUT2D eigenvalue weighted by atomic mass is 35.5. The zero-order valence-corrected chi connectivity index (χ0v) is 11.2. The van der Waals surface area contributed by atoms with Crippen molar-refractivity contribution in [2.24, 2.45) is 0 Å². The van der Waals surface area contributed by atoms with Crippen molar-refractivity contribution in [3.63, 3.8) is 0 Å². The molecule has 0 saturated carbocycles. The number of hydrogen-bond donors (Lipinski definition) is 1. The van der Waals surface area contributed by atoms with E-state index in [1.54, 1.807) is 12.1 Å². The van der Waals surface area contributed by atoms with Crippen molar-refractivity contribution in [1.29, 1.82) is 0 Å². The van der Waals surface area contributed by atoms with E-state index in [1.165, 1.54) is 6.92 Å². The van der Waals surface area contributed by atoms with Gasteiger partial charge >= 0.3 is 0 Å². The lowest BCUT2D eigenvalue weighted by Gasteiger charge is -2.11. The maximum Gasteiger partial charge on any atom is 0.221 e. The summed E-state index contributed by atoms with van der Waals surface area (Å²) in [6.07, 6.45) is 0. The SMILES string of the molecule is CC(=O)Nc1ccccc1-c1ccc(Cl)cc1Cl. The fraction of sp³-hybridized carbons (Fsp3) is 0.0714. The van der Waals surface area contributed by atoms with E-state index in [2.05, 4.69) is 5.32 Å². The van der Waals surface area contributed by atoms with E-state index in [9.17, 15) is 4.79 Å². The van der Waals surface area contributed by atoms with Gasteiger partial charge in [-0.15, -0.1) is 0 Å². The van der Waals surface area contributed by atoms with Crippen molar-refractivity contribution < 1.29 is 4.79 Å². The van der Waals surface area contributed by atoms with Gasteiger partial charge in [0, 0.05) is 33.8 Å². The third-order valence-corrected chi connectivity index (χ3v) is 3.01. The fourth-order valence-electron chi connectivity index (χ4n) is 1.72. The summed E-state index contributed by atoms with van der Waals surface area (Å²) in [6, 6.07) is 12.8. The zero-order valence-electron chi connectivity index (χ0n) is 9.71. The molecular formula is C14H11Cl2NO. The van der Waals surface area contributed by atoms with Gasteiger partial charge < -0.3 is 5.32 Å². The topological polar surface area (TPSA) is 29.1 Å². The van der Waals surface area contributed by atoms with E-state index in [-0.39, 0.29) is 5.91 Å². The van der Waals surface area contributed by atoms with Gasteiger partial charge in [-0.3, -0.25) is 4.79 Å². The summed E-state index contributed by atoms with van der Waals surface area (Å²) in [4.78, 5) is 11.2. The molecular weight excluding hydrogens is 269 g/mol. The first-order valence-electron chi connectivity index (χ1n) is 5.40. The molecule has 2 nitrogen and oxygen atoms in total. The Balaban J connectivity index is 2.53. The molecule has 0 fully saturated rings. The van der Waals surface area contributed by atoms with Crippen LogP contribution >= 0.6 is 23.2 Å². The molecule has 92 valence electrons. The summed E-state index contributed by atoms with van der Waals surface area (Å²) >= 11 is 12.0. The molecule has 18 heavy (non-hydrogen) atoms. The number of para-hydroxylation sites is 1. The Morgan fingerprint density at radius 2 is 1.78 bits per heavy atom. The van der Waals surface area contributed by atoms with Crippen molar-refractivity contribution in [3.05, 3.63) is 52.5 Å². The number of benzene rings is 2. The van der Waals surface area contributed by atoms with E-state index in [0.29, 0.717) is 10.0 Å². The summed E-state index contributed by atoms with van der Waals surface area (Å²) in [5.74, 6) is -0.118. The number of nitrogens with one attached hydrogen (secondary N) is 1. The van der Waals surface area contributed by atoms with Crippen molar-refractivity contribution >= 4 is 34.8 Å². The third-order valence-electron chi connectivity index (χ3n) is 2.46. The van der Waals surface area contributed by atoms with Crippen LogP contribution in [0.1, 0.15) is 6.92 Å². The summed E-state index contributed by atoms with van der Waals surface area (Å²) < 4.78 is 0. The first-order valence-corrected chi connectivity index (χ1v) is 6.15. The second kappa shape index (κ2) is 5.42. The number of halogens is 2. The van der Waals surface area contributed by atoms with Gasteiger partial charge in [0.1, 0.15) is 0 Å². The Labute approximate surface area is 116 Å². The second-order valence-electron chi connectivity index (χ2n) is 3.85. The Morgan fingerprint density at radius 3 is 2.44 bits per heavy atom. The van der Waals surface area contributed by atoms with Crippen molar-refractivity contribution in [3.8, 4) is 11.1 Å². The molecule has 1 amide bonds. The van der Waals surface area contributed by atoms with Crippen LogP contribution in [0.4, 0.5) is 5.69 Å². The molecule has 0 spiro atoms. The van der Waals surface area contributed by atoms with Crippen LogP contribution in [0.3, 0.4) is 0 Å². The molecule has 0 saturated heterocycles. The molecule has 4 heteroatoms. The first-order chi connectivity index (χ1) is 8.58. The Kier molecular flexibility index (Phi) is 3.90. The smallest absolute Gasteiger partial charge is 0.221 e. The van der Waals surface area contributed by atoms with Crippen molar-refractivity contribution in [2.45, 2.75) is 6.92 Å². The van der Waals surface area contributed by atoms with E-state index in [0.717, 1.165) is 16.8 Å². The van der Waals surface area contributed by atoms with E-state index >= 15 is 0 Å². The minimum atomic E-state index is -0.118. The Bertz CT molecular complexity index is 596. The average molecular weight is 280 g/mol. The number of carbonyl (C=O) groups is 1. The fourth-order valence-corrected chi connectivity index (χ4v) is 2.23. The predicted octanol–water partition coefficient (Wildman–Crippen LogP) is 4.62. The lowest BCUT2D eigenvalue weighted by molar-refractivity contribution is -0.114. The Hall–Kier alpha value is -1.51. The van der Waals surface area contributed by atoms with Gasteiger partial charge in [-0.05, 0) is 18.2 Å². The van der Waals surface area contributed by atoms with Crippen LogP contribution in [0.25, 0.3) is 11.1 Å². The van der Waals surface area contributed by atoms with Gasteiger partial charge in [-0.25, -0.2) is 0 Å². The van der Waals surface area contributed by atoms with Crippen LogP contribution in [0.15, 0.2) is 42.5 Å². The van der Waals surface area contributed by atoms with Gasteiger partial charge in [0.15, 0.2) is 0 Å². The number of hydrogen-bond acceptors (Lipinski definition) is 1. The molecule has 0 radical (unpaired) electrons. The van der Waals surface area contributed by atoms with Crippen LogP contribution < -0.4 is 5.32 Å². The van der Waals surface area contributed by atoms with Gasteiger partial charge in [0.2, 0.25) is 5.91 Å². The minimum Gasteiger partial charge on any atom is -0.326 e. The lowest BCUT2D eigenvalue weighted by Crippen LogP contribution is -2.06. The molecule has 2 aromatic carbocycles. The summed E-state index contributed by atoms with van der Waals surface area (Å²) in [6.45, 7) is 1.47. The van der Waals surface area contributed by atoms with Gasteiger partial charge in [-0.2, -0.15) is 0 Å². The van der Waals surface area contributed by atoms with Crippen molar-refractivity contribution in [1.82, 2.24) is 0 Å². The first kappa shape index (κ1) is 12.9. The molecule has 2 aromatic rings. The molecule has 0 aromatic heterocycles. The maximum atomic E-state index is 11.2. The largest absolute Gasteiger partial charge is 0.326 e. The van der Waals surface area contributed by atoms with Crippen LogP contribution in [0, 0.1) is 0 Å². The highest BCUT2D eigenvalue weighted by Crippen LogP contribution is 2.34. The number of amides is 1.